The summed E-state index contributed by atoms with van der Waals surface area (Å²) in [6.07, 6.45) is 0.316. The predicted molar refractivity (Wildman–Crippen MR) is 96.8 cm³/mol. The largest absolute Gasteiger partial charge is 0.495 e. The van der Waals surface area contributed by atoms with Crippen LogP contribution in [0.5, 0.6) is 5.75 Å². The van der Waals surface area contributed by atoms with Gasteiger partial charge >= 0.3 is 0 Å². The molecule has 0 saturated carbocycles. The molecule has 0 aliphatic carbocycles. The lowest BCUT2D eigenvalue weighted by Crippen LogP contribution is -2.38. The molecule has 1 aromatic rings. The number of methoxy groups -OCH3 is 1. The SMILES string of the molecule is CCC(=O)N=C1S[C@@H]2CS(=O)(=O)C[C@@H]2N1c1cc(C)ccc1OC. The fraction of sp³-hybridized carbons (Fsp3) is 0.500. The van der Waals surface area contributed by atoms with Crippen LogP contribution in [0.2, 0.25) is 0 Å². The number of aryl methyl sites for hydroxylation is 1. The van der Waals surface area contributed by atoms with Crippen LogP contribution in [0.3, 0.4) is 0 Å². The van der Waals surface area contributed by atoms with Gasteiger partial charge in [0.2, 0.25) is 5.91 Å². The van der Waals surface area contributed by atoms with E-state index in [1.807, 2.05) is 30.0 Å². The van der Waals surface area contributed by atoms with E-state index < -0.39 is 9.84 Å². The summed E-state index contributed by atoms with van der Waals surface area (Å²) < 4.78 is 29.6. The highest BCUT2D eigenvalue weighted by Gasteiger charge is 2.50. The number of anilines is 1. The van der Waals surface area contributed by atoms with E-state index in [2.05, 4.69) is 4.99 Å². The fourth-order valence-electron chi connectivity index (χ4n) is 3.02. The van der Waals surface area contributed by atoms with Crippen molar-refractivity contribution in [2.45, 2.75) is 31.6 Å². The predicted octanol–water partition coefficient (Wildman–Crippen LogP) is 2.02. The smallest absolute Gasteiger partial charge is 0.247 e. The number of hydrogen-bond acceptors (Lipinski definition) is 5. The lowest BCUT2D eigenvalue weighted by molar-refractivity contribution is -0.117. The van der Waals surface area contributed by atoms with Crippen molar-refractivity contribution in [3.05, 3.63) is 23.8 Å². The zero-order valence-corrected chi connectivity index (χ0v) is 15.5. The number of carbonyl (C=O) groups is 1. The number of fused-ring (bicyclic) bond motifs is 1. The molecule has 2 fully saturated rings. The van der Waals surface area contributed by atoms with Crippen LogP contribution in [-0.2, 0) is 14.6 Å². The molecule has 2 aliphatic rings. The van der Waals surface area contributed by atoms with E-state index in [1.165, 1.54) is 11.8 Å². The molecule has 2 aliphatic heterocycles. The number of ether oxygens (including phenoxy) is 1. The van der Waals surface area contributed by atoms with Gasteiger partial charge in [-0.1, -0.05) is 24.8 Å². The topological polar surface area (TPSA) is 76.0 Å². The summed E-state index contributed by atoms with van der Waals surface area (Å²) >= 11 is 1.38. The Morgan fingerprint density at radius 2 is 2.17 bits per heavy atom. The van der Waals surface area contributed by atoms with Crippen molar-refractivity contribution in [2.24, 2.45) is 4.99 Å². The van der Waals surface area contributed by atoms with Crippen LogP contribution >= 0.6 is 11.8 Å². The van der Waals surface area contributed by atoms with Gasteiger partial charge in [0.05, 0.1) is 30.3 Å². The molecular weight excluding hydrogens is 348 g/mol. The molecule has 1 aromatic carbocycles. The van der Waals surface area contributed by atoms with Gasteiger partial charge < -0.3 is 9.64 Å². The van der Waals surface area contributed by atoms with Crippen LogP contribution in [0.1, 0.15) is 18.9 Å². The number of amidine groups is 1. The quantitative estimate of drug-likeness (QED) is 0.812. The Balaban J connectivity index is 2.10. The molecule has 24 heavy (non-hydrogen) atoms. The molecule has 130 valence electrons. The second-order valence-corrected chi connectivity index (χ2v) is 9.35. The molecule has 8 heteroatoms. The van der Waals surface area contributed by atoms with Gasteiger partial charge in [0.15, 0.2) is 15.0 Å². The molecule has 1 amide bonds. The summed E-state index contributed by atoms with van der Waals surface area (Å²) in [5.41, 5.74) is 1.79. The Bertz CT molecular complexity index is 804. The normalized spacial score (nSPS) is 26.6. The van der Waals surface area contributed by atoms with E-state index in [4.69, 9.17) is 4.74 Å². The lowest BCUT2D eigenvalue weighted by Gasteiger charge is -2.26. The average Bonchev–Trinajstić information content (AvgIpc) is 2.97. The van der Waals surface area contributed by atoms with E-state index in [9.17, 15) is 13.2 Å². The monoisotopic (exact) mass is 368 g/mol. The number of benzene rings is 1. The molecule has 0 unspecified atom stereocenters. The minimum Gasteiger partial charge on any atom is -0.495 e. The van der Waals surface area contributed by atoms with Crippen molar-refractivity contribution in [2.75, 3.05) is 23.5 Å². The summed E-state index contributed by atoms with van der Waals surface area (Å²) in [6, 6.07) is 5.51. The third-order valence-electron chi connectivity index (χ3n) is 4.18. The highest BCUT2D eigenvalue weighted by molar-refractivity contribution is 8.16. The number of rotatable bonds is 3. The van der Waals surface area contributed by atoms with Crippen LogP contribution in [0, 0.1) is 6.92 Å². The maximum Gasteiger partial charge on any atom is 0.247 e. The zero-order valence-electron chi connectivity index (χ0n) is 13.9. The standard InChI is InChI=1S/C16H20N2O4S2/c1-4-15(19)17-16-18(11-7-10(2)5-6-13(11)22-3)12-8-24(20,21)9-14(12)23-16/h5-7,12,14H,4,8-9H2,1-3H3/t12-,14+/m0/s1. The van der Waals surface area contributed by atoms with E-state index in [-0.39, 0.29) is 28.7 Å². The summed E-state index contributed by atoms with van der Waals surface area (Å²) in [5.74, 6) is 0.618. The minimum absolute atomic E-state index is 0.0705. The number of thioether (sulfide) groups is 1. The molecule has 0 bridgehead atoms. The van der Waals surface area contributed by atoms with Gasteiger partial charge in [-0.25, -0.2) is 8.42 Å². The Morgan fingerprint density at radius 3 is 2.83 bits per heavy atom. The molecule has 2 heterocycles. The minimum atomic E-state index is -3.08. The first-order chi connectivity index (χ1) is 11.3. The van der Waals surface area contributed by atoms with Crippen molar-refractivity contribution in [1.29, 1.82) is 0 Å². The number of hydrogen-bond donors (Lipinski definition) is 0. The number of carbonyl (C=O) groups excluding carboxylic acids is 1. The van der Waals surface area contributed by atoms with Gasteiger partial charge in [-0.05, 0) is 24.6 Å². The lowest BCUT2D eigenvalue weighted by atomic mass is 10.1. The number of nitrogens with zero attached hydrogens (tertiary/aromatic N) is 2. The fourth-order valence-corrected chi connectivity index (χ4v) is 6.94. The number of sulfone groups is 1. The van der Waals surface area contributed by atoms with Crippen molar-refractivity contribution < 1.29 is 17.9 Å². The second kappa shape index (κ2) is 6.40. The first kappa shape index (κ1) is 17.3. The maximum atomic E-state index is 12.0. The van der Waals surface area contributed by atoms with Crippen molar-refractivity contribution in [3.8, 4) is 5.75 Å². The summed E-state index contributed by atoms with van der Waals surface area (Å²) in [5, 5.41) is 0.458. The van der Waals surface area contributed by atoms with Crippen molar-refractivity contribution >= 4 is 38.4 Å². The number of aliphatic imine (C=N–C) groups is 1. The first-order valence-corrected chi connectivity index (χ1v) is 10.5. The van der Waals surface area contributed by atoms with Crippen LogP contribution < -0.4 is 9.64 Å². The highest BCUT2D eigenvalue weighted by atomic mass is 32.2. The molecule has 3 rings (SSSR count). The molecule has 0 N–H and O–H groups in total. The molecule has 6 nitrogen and oxygen atoms in total. The Hall–Kier alpha value is -1.54. The summed E-state index contributed by atoms with van der Waals surface area (Å²) in [7, 11) is -1.50. The van der Waals surface area contributed by atoms with Crippen molar-refractivity contribution in [1.82, 2.24) is 0 Å². The van der Waals surface area contributed by atoms with E-state index >= 15 is 0 Å². The molecule has 2 saturated heterocycles. The van der Waals surface area contributed by atoms with Gasteiger partial charge in [-0.2, -0.15) is 4.99 Å². The molecular formula is C16H20N2O4S2. The maximum absolute atomic E-state index is 12.0. The summed E-state index contributed by atoms with van der Waals surface area (Å²) in [6.45, 7) is 3.72. The molecule has 0 aromatic heterocycles. The second-order valence-electron chi connectivity index (χ2n) is 5.99. The van der Waals surface area contributed by atoms with Gasteiger partial charge in [-0.3, -0.25) is 4.79 Å². The zero-order chi connectivity index (χ0) is 17.5. The third-order valence-corrected chi connectivity index (χ3v) is 7.39. The summed E-state index contributed by atoms with van der Waals surface area (Å²) in [4.78, 5) is 17.9. The van der Waals surface area contributed by atoms with Gasteiger partial charge in [0, 0.05) is 11.7 Å². The molecule has 2 atom stereocenters. The van der Waals surface area contributed by atoms with Crippen LogP contribution in [0.4, 0.5) is 5.69 Å². The Labute approximate surface area is 146 Å². The van der Waals surface area contributed by atoms with Gasteiger partial charge in [0.1, 0.15) is 5.75 Å². The highest BCUT2D eigenvalue weighted by Crippen LogP contribution is 2.44. The van der Waals surface area contributed by atoms with Crippen molar-refractivity contribution in [3.63, 3.8) is 0 Å². The van der Waals surface area contributed by atoms with Gasteiger partial charge in [-0.15, -0.1) is 0 Å². The van der Waals surface area contributed by atoms with Crippen LogP contribution in [0.25, 0.3) is 0 Å². The van der Waals surface area contributed by atoms with E-state index in [0.29, 0.717) is 17.3 Å². The molecule has 0 spiro atoms. The van der Waals surface area contributed by atoms with Crippen LogP contribution in [0.15, 0.2) is 23.2 Å². The van der Waals surface area contributed by atoms with Gasteiger partial charge in [0.25, 0.3) is 0 Å². The van der Waals surface area contributed by atoms with E-state index in [0.717, 1.165) is 11.3 Å². The Morgan fingerprint density at radius 1 is 1.42 bits per heavy atom. The van der Waals surface area contributed by atoms with E-state index in [1.54, 1.807) is 14.0 Å². The molecule has 0 radical (unpaired) electrons. The third kappa shape index (κ3) is 3.17. The Kier molecular flexibility index (Phi) is 4.61. The average molecular weight is 368 g/mol. The number of amides is 1. The van der Waals surface area contributed by atoms with Crippen LogP contribution in [-0.4, -0.2) is 49.4 Å². The first-order valence-electron chi connectivity index (χ1n) is 7.77.